The molecule has 1 N–H and O–H groups in total. The lowest BCUT2D eigenvalue weighted by Gasteiger charge is -2.35. The Bertz CT molecular complexity index is 639. The van der Waals surface area contributed by atoms with Gasteiger partial charge in [0.05, 0.1) is 0 Å². The summed E-state index contributed by atoms with van der Waals surface area (Å²) >= 11 is 0. The molecule has 0 bridgehead atoms. The van der Waals surface area contributed by atoms with E-state index in [-0.39, 0.29) is 5.82 Å². The summed E-state index contributed by atoms with van der Waals surface area (Å²) in [6.45, 7) is 3.85. The van der Waals surface area contributed by atoms with Crippen molar-refractivity contribution in [1.82, 2.24) is 5.32 Å². The fourth-order valence-electron chi connectivity index (χ4n) is 3.14. The van der Waals surface area contributed by atoms with E-state index < -0.39 is 0 Å². The van der Waals surface area contributed by atoms with Gasteiger partial charge in [-0.3, -0.25) is 0 Å². The first-order chi connectivity index (χ1) is 10.2. The molecule has 3 rings (SSSR count). The first-order valence-corrected chi connectivity index (χ1v) is 7.47. The van der Waals surface area contributed by atoms with Gasteiger partial charge in [-0.05, 0) is 54.8 Å². The zero-order chi connectivity index (χ0) is 14.8. The van der Waals surface area contributed by atoms with Crippen LogP contribution >= 0.6 is 0 Å². The van der Waals surface area contributed by atoms with E-state index in [1.807, 2.05) is 7.05 Å². The zero-order valence-electron chi connectivity index (χ0n) is 12.6. The van der Waals surface area contributed by atoms with Crippen molar-refractivity contribution in [2.24, 2.45) is 5.92 Å². The van der Waals surface area contributed by atoms with Gasteiger partial charge >= 0.3 is 0 Å². The highest BCUT2D eigenvalue weighted by atomic mass is 19.1. The second-order valence-corrected chi connectivity index (χ2v) is 5.90. The van der Waals surface area contributed by atoms with Crippen LogP contribution in [0.1, 0.15) is 18.1 Å². The van der Waals surface area contributed by atoms with Crippen molar-refractivity contribution in [2.75, 3.05) is 18.5 Å². The van der Waals surface area contributed by atoms with Gasteiger partial charge in [-0.15, -0.1) is 0 Å². The maximum Gasteiger partial charge on any atom is 0.125 e. The molecular formula is C18H21FN2. The van der Waals surface area contributed by atoms with Gasteiger partial charge in [0.15, 0.2) is 0 Å². The van der Waals surface area contributed by atoms with Crippen LogP contribution < -0.4 is 10.2 Å². The molecule has 0 spiro atoms. The number of hydrogen-bond donors (Lipinski definition) is 1. The molecule has 0 amide bonds. The molecule has 0 radical (unpaired) electrons. The summed E-state index contributed by atoms with van der Waals surface area (Å²) in [6, 6.07) is 13.7. The Balaban J connectivity index is 2.04. The van der Waals surface area contributed by atoms with Crippen molar-refractivity contribution in [1.29, 1.82) is 0 Å². The highest BCUT2D eigenvalue weighted by Gasteiger charge is 2.23. The lowest BCUT2D eigenvalue weighted by Crippen LogP contribution is -2.30. The quantitative estimate of drug-likeness (QED) is 0.920. The maximum absolute atomic E-state index is 13.9. The Morgan fingerprint density at radius 1 is 1.24 bits per heavy atom. The number of fused-ring (bicyclic) bond motifs is 1. The van der Waals surface area contributed by atoms with Gasteiger partial charge in [0.25, 0.3) is 0 Å². The monoisotopic (exact) mass is 284 g/mol. The van der Waals surface area contributed by atoms with Gasteiger partial charge in [-0.2, -0.15) is 0 Å². The number of benzene rings is 2. The number of rotatable bonds is 3. The Morgan fingerprint density at radius 3 is 2.86 bits per heavy atom. The second-order valence-electron chi connectivity index (χ2n) is 5.90. The number of hydrogen-bond acceptors (Lipinski definition) is 2. The van der Waals surface area contributed by atoms with Gasteiger partial charge < -0.3 is 10.2 Å². The fraction of sp³-hybridized carbons (Fsp3) is 0.333. The summed E-state index contributed by atoms with van der Waals surface area (Å²) in [5.74, 6) is 0.393. The minimum Gasteiger partial charge on any atom is -0.341 e. The van der Waals surface area contributed by atoms with Gasteiger partial charge in [0.1, 0.15) is 5.82 Å². The minimum atomic E-state index is -0.173. The summed E-state index contributed by atoms with van der Waals surface area (Å²) < 4.78 is 13.9. The van der Waals surface area contributed by atoms with Crippen LogP contribution in [0.15, 0.2) is 42.5 Å². The van der Waals surface area contributed by atoms with Crippen molar-refractivity contribution in [3.8, 4) is 0 Å². The van der Waals surface area contributed by atoms with E-state index >= 15 is 0 Å². The second kappa shape index (κ2) is 5.86. The van der Waals surface area contributed by atoms with E-state index in [4.69, 9.17) is 0 Å². The largest absolute Gasteiger partial charge is 0.341 e. The molecule has 2 aromatic rings. The van der Waals surface area contributed by atoms with E-state index in [0.29, 0.717) is 12.5 Å². The summed E-state index contributed by atoms with van der Waals surface area (Å²) in [4.78, 5) is 2.24. The van der Waals surface area contributed by atoms with E-state index in [2.05, 4.69) is 47.5 Å². The molecule has 1 unspecified atom stereocenters. The van der Waals surface area contributed by atoms with Crippen molar-refractivity contribution in [2.45, 2.75) is 19.9 Å². The summed E-state index contributed by atoms with van der Waals surface area (Å²) in [7, 11) is 1.88. The normalized spacial score (nSPS) is 17.7. The van der Waals surface area contributed by atoms with Crippen LogP contribution in [0.3, 0.4) is 0 Å². The van der Waals surface area contributed by atoms with Crippen LogP contribution in [0.25, 0.3) is 0 Å². The van der Waals surface area contributed by atoms with Crippen molar-refractivity contribution in [3.63, 3.8) is 0 Å². The molecule has 2 aromatic carbocycles. The molecule has 21 heavy (non-hydrogen) atoms. The Morgan fingerprint density at radius 2 is 2.05 bits per heavy atom. The Hall–Kier alpha value is -1.87. The third kappa shape index (κ3) is 2.93. The smallest absolute Gasteiger partial charge is 0.125 e. The van der Waals surface area contributed by atoms with Gasteiger partial charge in [-0.1, -0.05) is 25.1 Å². The molecule has 0 aromatic heterocycles. The van der Waals surface area contributed by atoms with Gasteiger partial charge in [0.2, 0.25) is 0 Å². The summed E-state index contributed by atoms with van der Waals surface area (Å²) in [6.07, 6.45) is 1.09. The first kappa shape index (κ1) is 14.1. The molecule has 0 aliphatic carbocycles. The van der Waals surface area contributed by atoms with Crippen LogP contribution in [-0.2, 0) is 13.0 Å². The highest BCUT2D eigenvalue weighted by molar-refractivity contribution is 5.68. The van der Waals surface area contributed by atoms with Gasteiger partial charge in [-0.25, -0.2) is 4.39 Å². The van der Waals surface area contributed by atoms with Crippen LogP contribution in [0.5, 0.6) is 0 Å². The van der Waals surface area contributed by atoms with Crippen molar-refractivity contribution < 1.29 is 4.39 Å². The standard InChI is InChI=1S/C18H21FN2/c1-13-7-15-5-3-4-6-18(15)21(12-13)17-9-14(11-20-2)8-16(19)10-17/h3-6,8-10,13,20H,7,11-12H2,1-2H3. The first-order valence-electron chi connectivity index (χ1n) is 7.47. The molecule has 0 fully saturated rings. The molecule has 3 heteroatoms. The number of nitrogens with one attached hydrogen (secondary N) is 1. The molecule has 0 saturated heterocycles. The number of halogens is 1. The van der Waals surface area contributed by atoms with E-state index in [1.165, 1.54) is 11.3 Å². The van der Waals surface area contributed by atoms with Crippen molar-refractivity contribution in [3.05, 3.63) is 59.4 Å². The van der Waals surface area contributed by atoms with E-state index in [1.54, 1.807) is 12.1 Å². The number of para-hydroxylation sites is 1. The molecular weight excluding hydrogens is 263 g/mol. The summed E-state index contributed by atoms with van der Waals surface area (Å²) in [5, 5.41) is 3.08. The molecule has 110 valence electrons. The Labute approximate surface area is 125 Å². The Kier molecular flexibility index (Phi) is 3.93. The summed E-state index contributed by atoms with van der Waals surface area (Å²) in [5.41, 5.74) is 4.47. The molecule has 1 heterocycles. The van der Waals surface area contributed by atoms with Crippen LogP contribution in [0, 0.1) is 11.7 Å². The average Bonchev–Trinajstić information content (AvgIpc) is 2.46. The lowest BCUT2D eigenvalue weighted by molar-refractivity contribution is 0.560. The fourth-order valence-corrected chi connectivity index (χ4v) is 3.14. The highest BCUT2D eigenvalue weighted by Crippen LogP contribution is 2.35. The maximum atomic E-state index is 13.9. The predicted molar refractivity (Wildman–Crippen MR) is 85.5 cm³/mol. The van der Waals surface area contributed by atoms with E-state index in [9.17, 15) is 4.39 Å². The SMILES string of the molecule is CNCc1cc(F)cc(N2CC(C)Cc3ccccc32)c1. The van der Waals surface area contributed by atoms with Crippen LogP contribution in [0.2, 0.25) is 0 Å². The van der Waals surface area contributed by atoms with Crippen molar-refractivity contribution >= 4 is 11.4 Å². The molecule has 1 aliphatic heterocycles. The van der Waals surface area contributed by atoms with Crippen LogP contribution in [-0.4, -0.2) is 13.6 Å². The minimum absolute atomic E-state index is 0.173. The zero-order valence-corrected chi connectivity index (χ0v) is 12.6. The average molecular weight is 284 g/mol. The molecule has 1 aliphatic rings. The number of nitrogens with zero attached hydrogens (tertiary/aromatic N) is 1. The third-order valence-electron chi connectivity index (χ3n) is 3.98. The van der Waals surface area contributed by atoms with E-state index in [0.717, 1.165) is 24.2 Å². The third-order valence-corrected chi connectivity index (χ3v) is 3.98. The van der Waals surface area contributed by atoms with Gasteiger partial charge in [0, 0.05) is 24.5 Å². The number of anilines is 2. The lowest BCUT2D eigenvalue weighted by atomic mass is 9.93. The topological polar surface area (TPSA) is 15.3 Å². The predicted octanol–water partition coefficient (Wildman–Crippen LogP) is 3.88. The van der Waals surface area contributed by atoms with Crippen LogP contribution in [0.4, 0.5) is 15.8 Å². The molecule has 0 saturated carbocycles. The molecule has 1 atom stereocenters. The molecule has 2 nitrogen and oxygen atoms in total.